The summed E-state index contributed by atoms with van der Waals surface area (Å²) in [6, 6.07) is 1.40. The number of hydrogen-bond acceptors (Lipinski definition) is 3. The van der Waals surface area contributed by atoms with Crippen molar-refractivity contribution in [3.05, 3.63) is 0 Å². The molecular formula is C9H14N2O3. The van der Waals surface area contributed by atoms with Crippen LogP contribution in [-0.4, -0.2) is 23.0 Å². The van der Waals surface area contributed by atoms with E-state index < -0.39 is 17.9 Å². The van der Waals surface area contributed by atoms with Gasteiger partial charge in [-0.2, -0.15) is 5.26 Å². The lowest BCUT2D eigenvalue weighted by molar-refractivity contribution is -0.138. The molecule has 14 heavy (non-hydrogen) atoms. The van der Waals surface area contributed by atoms with Crippen LogP contribution in [-0.2, 0) is 9.59 Å². The monoisotopic (exact) mass is 198 g/mol. The van der Waals surface area contributed by atoms with Crippen LogP contribution in [0.3, 0.4) is 0 Å². The SMILES string of the molecule is CC(C)C(C#N)NC(=O)CCC(=O)O. The molecule has 78 valence electrons. The number of amides is 1. The highest BCUT2D eigenvalue weighted by Gasteiger charge is 2.15. The maximum absolute atomic E-state index is 11.1. The highest BCUT2D eigenvalue weighted by atomic mass is 16.4. The Morgan fingerprint density at radius 2 is 2.00 bits per heavy atom. The molecule has 0 rings (SSSR count). The summed E-state index contributed by atoms with van der Waals surface area (Å²) in [6.07, 6.45) is -0.289. The molecule has 0 saturated heterocycles. The van der Waals surface area contributed by atoms with Gasteiger partial charge in [0.15, 0.2) is 0 Å². The minimum Gasteiger partial charge on any atom is -0.481 e. The van der Waals surface area contributed by atoms with Crippen molar-refractivity contribution in [2.24, 2.45) is 5.92 Å². The molecular weight excluding hydrogens is 184 g/mol. The Balaban J connectivity index is 3.93. The topological polar surface area (TPSA) is 90.2 Å². The Labute approximate surface area is 82.7 Å². The summed E-state index contributed by atoms with van der Waals surface area (Å²) in [4.78, 5) is 21.2. The number of carboxylic acid groups (broad SMARTS) is 1. The number of aliphatic carboxylic acids is 1. The van der Waals surface area contributed by atoms with Gasteiger partial charge in [0.05, 0.1) is 12.5 Å². The van der Waals surface area contributed by atoms with Crippen LogP contribution in [0, 0.1) is 17.2 Å². The molecule has 0 aliphatic carbocycles. The zero-order chi connectivity index (χ0) is 11.1. The van der Waals surface area contributed by atoms with Gasteiger partial charge in [0.25, 0.3) is 0 Å². The molecule has 1 atom stereocenters. The fourth-order valence-electron chi connectivity index (χ4n) is 0.814. The Morgan fingerprint density at radius 1 is 1.43 bits per heavy atom. The van der Waals surface area contributed by atoms with Crippen LogP contribution < -0.4 is 5.32 Å². The molecule has 0 aromatic carbocycles. The molecule has 0 bridgehead atoms. The average molecular weight is 198 g/mol. The molecule has 0 heterocycles. The average Bonchev–Trinajstić information content (AvgIpc) is 2.10. The maximum Gasteiger partial charge on any atom is 0.303 e. The minimum atomic E-state index is -1.02. The fourth-order valence-corrected chi connectivity index (χ4v) is 0.814. The number of nitrogens with zero attached hydrogens (tertiary/aromatic N) is 1. The molecule has 1 amide bonds. The van der Waals surface area contributed by atoms with E-state index in [4.69, 9.17) is 10.4 Å². The second-order valence-electron chi connectivity index (χ2n) is 3.31. The Morgan fingerprint density at radius 3 is 2.36 bits per heavy atom. The van der Waals surface area contributed by atoms with Gasteiger partial charge < -0.3 is 10.4 Å². The summed E-state index contributed by atoms with van der Waals surface area (Å²) in [5.41, 5.74) is 0. The molecule has 0 aliphatic rings. The van der Waals surface area contributed by atoms with E-state index in [0.717, 1.165) is 0 Å². The summed E-state index contributed by atoms with van der Waals surface area (Å²) in [6.45, 7) is 3.62. The molecule has 1 unspecified atom stereocenters. The second kappa shape index (κ2) is 5.97. The van der Waals surface area contributed by atoms with Gasteiger partial charge in [-0.25, -0.2) is 0 Å². The largest absolute Gasteiger partial charge is 0.481 e. The fraction of sp³-hybridized carbons (Fsp3) is 0.667. The summed E-state index contributed by atoms with van der Waals surface area (Å²) in [7, 11) is 0. The molecule has 0 spiro atoms. The van der Waals surface area contributed by atoms with Crippen LogP contribution in [0.2, 0.25) is 0 Å². The number of nitrogens with one attached hydrogen (secondary N) is 1. The molecule has 0 aliphatic heterocycles. The summed E-state index contributed by atoms with van der Waals surface area (Å²) in [5, 5.41) is 19.4. The lowest BCUT2D eigenvalue weighted by atomic mass is 10.1. The van der Waals surface area contributed by atoms with Crippen molar-refractivity contribution >= 4 is 11.9 Å². The third-order valence-electron chi connectivity index (χ3n) is 1.69. The van der Waals surface area contributed by atoms with E-state index in [2.05, 4.69) is 5.32 Å². The number of carbonyl (C=O) groups is 2. The first-order valence-electron chi connectivity index (χ1n) is 4.38. The minimum absolute atomic E-state index is 0.0220. The van der Waals surface area contributed by atoms with E-state index in [1.165, 1.54) is 0 Å². The molecule has 0 aromatic heterocycles. The Kier molecular flexibility index (Phi) is 5.30. The van der Waals surface area contributed by atoms with Gasteiger partial charge in [0.1, 0.15) is 6.04 Å². The van der Waals surface area contributed by atoms with Crippen molar-refractivity contribution in [3.8, 4) is 6.07 Å². The summed E-state index contributed by atoms with van der Waals surface area (Å²) < 4.78 is 0. The molecule has 0 fully saturated rings. The smallest absolute Gasteiger partial charge is 0.303 e. The number of carbonyl (C=O) groups excluding carboxylic acids is 1. The van der Waals surface area contributed by atoms with Crippen molar-refractivity contribution in [1.82, 2.24) is 5.32 Å². The molecule has 5 heteroatoms. The van der Waals surface area contributed by atoms with Crippen LogP contribution in [0.15, 0.2) is 0 Å². The van der Waals surface area contributed by atoms with Crippen molar-refractivity contribution in [2.75, 3.05) is 0 Å². The predicted octanol–water partition coefficient (Wildman–Crippen LogP) is 0.516. The Hall–Kier alpha value is -1.57. The zero-order valence-electron chi connectivity index (χ0n) is 8.28. The third-order valence-corrected chi connectivity index (χ3v) is 1.69. The number of rotatable bonds is 5. The van der Waals surface area contributed by atoms with Crippen LogP contribution in [0.4, 0.5) is 0 Å². The van der Waals surface area contributed by atoms with Gasteiger partial charge in [-0.3, -0.25) is 9.59 Å². The molecule has 0 aromatic rings. The zero-order valence-corrected chi connectivity index (χ0v) is 8.28. The van der Waals surface area contributed by atoms with Gasteiger partial charge in [-0.05, 0) is 5.92 Å². The first-order chi connectivity index (χ1) is 6.47. The van der Waals surface area contributed by atoms with E-state index in [1.54, 1.807) is 0 Å². The molecule has 0 saturated carbocycles. The van der Waals surface area contributed by atoms with Crippen LogP contribution in [0.5, 0.6) is 0 Å². The predicted molar refractivity (Wildman–Crippen MR) is 49.3 cm³/mol. The highest BCUT2D eigenvalue weighted by molar-refractivity contribution is 5.81. The van der Waals surface area contributed by atoms with Crippen molar-refractivity contribution in [2.45, 2.75) is 32.7 Å². The third kappa shape index (κ3) is 5.14. The summed E-state index contributed by atoms with van der Waals surface area (Å²) >= 11 is 0. The maximum atomic E-state index is 11.1. The van der Waals surface area contributed by atoms with E-state index in [1.807, 2.05) is 19.9 Å². The molecule has 2 N–H and O–H groups in total. The van der Waals surface area contributed by atoms with E-state index >= 15 is 0 Å². The van der Waals surface area contributed by atoms with Crippen molar-refractivity contribution in [1.29, 1.82) is 5.26 Å². The van der Waals surface area contributed by atoms with Gasteiger partial charge in [-0.1, -0.05) is 13.8 Å². The normalized spacial score (nSPS) is 11.9. The standard InChI is InChI=1S/C9H14N2O3/c1-6(2)7(5-10)11-8(12)3-4-9(13)14/h6-7H,3-4H2,1-2H3,(H,11,12)(H,13,14). The quantitative estimate of drug-likeness (QED) is 0.673. The first kappa shape index (κ1) is 12.4. The lowest BCUT2D eigenvalue weighted by Gasteiger charge is -2.14. The van der Waals surface area contributed by atoms with E-state index in [-0.39, 0.29) is 18.8 Å². The lowest BCUT2D eigenvalue weighted by Crippen LogP contribution is -2.37. The van der Waals surface area contributed by atoms with Gasteiger partial charge in [0, 0.05) is 6.42 Å². The van der Waals surface area contributed by atoms with Crippen LogP contribution in [0.1, 0.15) is 26.7 Å². The number of nitriles is 1. The van der Waals surface area contributed by atoms with E-state index in [9.17, 15) is 9.59 Å². The highest BCUT2D eigenvalue weighted by Crippen LogP contribution is 2.00. The number of hydrogen-bond donors (Lipinski definition) is 2. The van der Waals surface area contributed by atoms with Crippen molar-refractivity contribution < 1.29 is 14.7 Å². The molecule has 0 radical (unpaired) electrons. The van der Waals surface area contributed by atoms with Crippen LogP contribution >= 0.6 is 0 Å². The number of carboxylic acids is 1. The van der Waals surface area contributed by atoms with Crippen LogP contribution in [0.25, 0.3) is 0 Å². The van der Waals surface area contributed by atoms with Crippen molar-refractivity contribution in [3.63, 3.8) is 0 Å². The van der Waals surface area contributed by atoms with Gasteiger partial charge in [-0.15, -0.1) is 0 Å². The first-order valence-corrected chi connectivity index (χ1v) is 4.38. The van der Waals surface area contributed by atoms with Gasteiger partial charge >= 0.3 is 5.97 Å². The van der Waals surface area contributed by atoms with E-state index in [0.29, 0.717) is 0 Å². The Bertz CT molecular complexity index is 255. The second-order valence-corrected chi connectivity index (χ2v) is 3.31. The summed E-state index contributed by atoms with van der Waals surface area (Å²) in [5.74, 6) is -1.39. The molecule has 5 nitrogen and oxygen atoms in total. The van der Waals surface area contributed by atoms with Gasteiger partial charge in [0.2, 0.25) is 5.91 Å².